The first-order valence-electron chi connectivity index (χ1n) is 5.32. The van der Waals surface area contributed by atoms with Gasteiger partial charge in [-0.05, 0) is 45.4 Å². The summed E-state index contributed by atoms with van der Waals surface area (Å²) in [6.45, 7) is 0. The van der Waals surface area contributed by atoms with Crippen LogP contribution in [0.3, 0.4) is 0 Å². The molecule has 0 aromatic heterocycles. The van der Waals surface area contributed by atoms with Crippen LogP contribution in [0.2, 0.25) is 0 Å². The fourth-order valence-electron chi connectivity index (χ4n) is 0.827. The Labute approximate surface area is 119 Å². The Bertz CT molecular complexity index is 564. The SMILES string of the molecule is CN(C)C.O=C(O)c1ccc(OS(=O)(=O)C(F)(F)F)cc1. The lowest BCUT2D eigenvalue weighted by Crippen LogP contribution is -2.28. The Morgan fingerprint density at radius 2 is 1.52 bits per heavy atom. The Balaban J connectivity index is 0.000000885. The van der Waals surface area contributed by atoms with E-state index >= 15 is 0 Å². The van der Waals surface area contributed by atoms with Gasteiger partial charge in [0.2, 0.25) is 0 Å². The molecular weight excluding hydrogens is 315 g/mol. The maximum atomic E-state index is 11.9. The van der Waals surface area contributed by atoms with Crippen LogP contribution in [0.25, 0.3) is 0 Å². The van der Waals surface area contributed by atoms with Crippen LogP contribution in [0.5, 0.6) is 5.75 Å². The molecule has 0 atom stereocenters. The van der Waals surface area contributed by atoms with Crippen LogP contribution in [0.1, 0.15) is 10.4 Å². The Morgan fingerprint density at radius 1 is 1.14 bits per heavy atom. The largest absolute Gasteiger partial charge is 0.534 e. The molecule has 0 aliphatic heterocycles. The number of halogens is 3. The van der Waals surface area contributed by atoms with Gasteiger partial charge in [-0.3, -0.25) is 0 Å². The molecule has 0 aliphatic rings. The van der Waals surface area contributed by atoms with Gasteiger partial charge in [-0.1, -0.05) is 0 Å². The second-order valence-corrected chi connectivity index (χ2v) is 5.69. The number of rotatable bonds is 3. The average Bonchev–Trinajstić information content (AvgIpc) is 2.26. The maximum absolute atomic E-state index is 11.9. The number of nitrogens with zero attached hydrogens (tertiary/aromatic N) is 1. The van der Waals surface area contributed by atoms with Crippen molar-refractivity contribution in [3.63, 3.8) is 0 Å². The van der Waals surface area contributed by atoms with Crippen molar-refractivity contribution >= 4 is 16.1 Å². The molecule has 0 amide bonds. The summed E-state index contributed by atoms with van der Waals surface area (Å²) in [6.07, 6.45) is 0. The minimum absolute atomic E-state index is 0.207. The van der Waals surface area contributed by atoms with Gasteiger partial charge in [0.1, 0.15) is 5.75 Å². The van der Waals surface area contributed by atoms with Crippen LogP contribution in [0, 0.1) is 0 Å². The van der Waals surface area contributed by atoms with Crippen molar-refractivity contribution in [2.75, 3.05) is 21.1 Å². The van der Waals surface area contributed by atoms with E-state index in [1.807, 2.05) is 26.0 Å². The zero-order chi connectivity index (χ0) is 16.8. The highest BCUT2D eigenvalue weighted by Crippen LogP contribution is 2.26. The summed E-state index contributed by atoms with van der Waals surface area (Å²) in [4.78, 5) is 12.4. The molecule has 0 spiro atoms. The Hall–Kier alpha value is -1.81. The van der Waals surface area contributed by atoms with Crippen molar-refractivity contribution < 1.29 is 35.7 Å². The molecule has 0 aliphatic carbocycles. The summed E-state index contributed by atoms with van der Waals surface area (Å²) in [5, 5.41) is 8.50. The first kappa shape index (κ1) is 19.2. The van der Waals surface area contributed by atoms with E-state index < -0.39 is 27.3 Å². The number of alkyl halides is 3. The number of benzene rings is 1. The number of carbonyl (C=O) groups is 1. The second kappa shape index (κ2) is 7.27. The van der Waals surface area contributed by atoms with Gasteiger partial charge in [0.15, 0.2) is 0 Å². The van der Waals surface area contributed by atoms with Crippen LogP contribution >= 0.6 is 0 Å². The van der Waals surface area contributed by atoms with Crippen LogP contribution in [0.15, 0.2) is 24.3 Å². The molecule has 0 saturated carbocycles. The van der Waals surface area contributed by atoms with E-state index in [2.05, 4.69) is 4.18 Å². The van der Waals surface area contributed by atoms with E-state index in [0.29, 0.717) is 0 Å². The van der Waals surface area contributed by atoms with Crippen LogP contribution in [0.4, 0.5) is 13.2 Å². The van der Waals surface area contributed by atoms with E-state index in [1.54, 1.807) is 0 Å². The topological polar surface area (TPSA) is 83.9 Å². The molecule has 6 nitrogen and oxygen atoms in total. The van der Waals surface area contributed by atoms with E-state index in [0.717, 1.165) is 24.3 Å². The van der Waals surface area contributed by atoms with Gasteiger partial charge in [-0.2, -0.15) is 21.6 Å². The summed E-state index contributed by atoms with van der Waals surface area (Å²) < 4.78 is 60.7. The lowest BCUT2D eigenvalue weighted by Gasteiger charge is -2.09. The lowest BCUT2D eigenvalue weighted by molar-refractivity contribution is -0.0500. The quantitative estimate of drug-likeness (QED) is 0.672. The minimum Gasteiger partial charge on any atom is -0.478 e. The third-order valence-corrected chi connectivity index (χ3v) is 2.57. The standard InChI is InChI=1S/C8H5F3O5S.C3H9N/c9-8(10,11)17(14,15)16-6-3-1-5(2-4-6)7(12)13;1-4(2)3/h1-4H,(H,12,13);1-3H3. The predicted molar refractivity (Wildman–Crippen MR) is 68.6 cm³/mol. The molecule has 1 aromatic rings. The number of hydrogen-bond acceptors (Lipinski definition) is 5. The van der Waals surface area contributed by atoms with Gasteiger partial charge in [0, 0.05) is 0 Å². The summed E-state index contributed by atoms with van der Waals surface area (Å²) in [5.74, 6) is -1.91. The molecule has 0 heterocycles. The van der Waals surface area contributed by atoms with Gasteiger partial charge in [-0.25, -0.2) is 4.79 Å². The number of carboxylic acids is 1. The van der Waals surface area contributed by atoms with E-state index in [1.165, 1.54) is 0 Å². The maximum Gasteiger partial charge on any atom is 0.534 e. The normalized spacial score (nSPS) is 11.6. The minimum atomic E-state index is -5.73. The summed E-state index contributed by atoms with van der Waals surface area (Å²) >= 11 is 0. The smallest absolute Gasteiger partial charge is 0.478 e. The molecular formula is C11H14F3NO5S. The molecule has 1 rings (SSSR count). The molecule has 120 valence electrons. The van der Waals surface area contributed by atoms with Crippen molar-refractivity contribution in [2.45, 2.75) is 5.51 Å². The molecule has 10 heteroatoms. The summed E-state index contributed by atoms with van der Waals surface area (Å²) in [6, 6.07) is 3.46. The van der Waals surface area contributed by atoms with E-state index in [9.17, 15) is 26.4 Å². The predicted octanol–water partition coefficient (Wildman–Crippen LogP) is 1.79. The van der Waals surface area contributed by atoms with Gasteiger partial charge in [0.25, 0.3) is 0 Å². The summed E-state index contributed by atoms with van der Waals surface area (Å²) in [5.41, 5.74) is -5.74. The first-order chi connectivity index (χ1) is 9.36. The molecule has 1 aromatic carbocycles. The molecule has 0 radical (unpaired) electrons. The average molecular weight is 329 g/mol. The number of carboxylic acid groups (broad SMARTS) is 1. The van der Waals surface area contributed by atoms with Crippen molar-refractivity contribution in [2.24, 2.45) is 0 Å². The third kappa shape index (κ3) is 6.95. The van der Waals surface area contributed by atoms with Gasteiger partial charge >= 0.3 is 21.6 Å². The zero-order valence-electron chi connectivity index (χ0n) is 11.4. The van der Waals surface area contributed by atoms with Gasteiger partial charge in [-0.15, -0.1) is 0 Å². The Kier molecular flexibility index (Phi) is 6.64. The number of aromatic carboxylic acids is 1. The monoisotopic (exact) mass is 329 g/mol. The molecule has 0 fully saturated rings. The van der Waals surface area contributed by atoms with E-state index in [-0.39, 0.29) is 5.56 Å². The third-order valence-electron chi connectivity index (χ3n) is 1.59. The lowest BCUT2D eigenvalue weighted by atomic mass is 10.2. The highest BCUT2D eigenvalue weighted by Gasteiger charge is 2.48. The van der Waals surface area contributed by atoms with Gasteiger partial charge in [0.05, 0.1) is 5.56 Å². The fourth-order valence-corrected chi connectivity index (χ4v) is 1.29. The highest BCUT2D eigenvalue weighted by atomic mass is 32.2. The van der Waals surface area contributed by atoms with E-state index in [4.69, 9.17) is 5.11 Å². The summed E-state index contributed by atoms with van der Waals surface area (Å²) in [7, 11) is 0.269. The molecule has 0 unspecified atom stereocenters. The highest BCUT2D eigenvalue weighted by molar-refractivity contribution is 7.87. The Morgan fingerprint density at radius 3 is 1.81 bits per heavy atom. The van der Waals surface area contributed by atoms with Crippen molar-refractivity contribution in [1.29, 1.82) is 0 Å². The fraction of sp³-hybridized carbons (Fsp3) is 0.364. The molecule has 1 N–H and O–H groups in total. The number of hydrogen-bond donors (Lipinski definition) is 1. The van der Waals surface area contributed by atoms with Crippen LogP contribution in [-0.2, 0) is 10.1 Å². The molecule has 0 saturated heterocycles. The van der Waals surface area contributed by atoms with Gasteiger partial charge < -0.3 is 14.2 Å². The van der Waals surface area contributed by atoms with Crippen LogP contribution < -0.4 is 4.18 Å². The second-order valence-electron chi connectivity index (χ2n) is 4.15. The zero-order valence-corrected chi connectivity index (χ0v) is 12.2. The van der Waals surface area contributed by atoms with Crippen molar-refractivity contribution in [1.82, 2.24) is 4.90 Å². The molecule has 21 heavy (non-hydrogen) atoms. The van der Waals surface area contributed by atoms with Crippen molar-refractivity contribution in [3.8, 4) is 5.75 Å². The molecule has 0 bridgehead atoms. The van der Waals surface area contributed by atoms with Crippen molar-refractivity contribution in [3.05, 3.63) is 29.8 Å². The van der Waals surface area contributed by atoms with Crippen LogP contribution in [-0.4, -0.2) is 51.0 Å². The first-order valence-corrected chi connectivity index (χ1v) is 6.72.